The summed E-state index contributed by atoms with van der Waals surface area (Å²) in [5.74, 6) is 0.673. The fraction of sp³-hybridized carbons (Fsp3) is 0.526. The number of rotatable bonds is 3. The number of aryl methyl sites for hydroxylation is 1. The maximum atomic E-state index is 13.1. The van der Waals surface area contributed by atoms with Crippen molar-refractivity contribution in [2.45, 2.75) is 69.4 Å². The molecule has 0 aliphatic carbocycles. The normalized spacial score (nSPS) is 18.8. The van der Waals surface area contributed by atoms with Gasteiger partial charge in [-0.05, 0) is 38.3 Å². The van der Waals surface area contributed by atoms with Crippen LogP contribution in [0.3, 0.4) is 0 Å². The minimum Gasteiger partial charge on any atom is -0.415 e. The molecule has 1 aliphatic heterocycles. The van der Waals surface area contributed by atoms with Crippen molar-refractivity contribution < 1.29 is 9.21 Å². The van der Waals surface area contributed by atoms with Gasteiger partial charge < -0.3 is 9.32 Å². The first-order valence-electron chi connectivity index (χ1n) is 8.69. The third-order valence-electron chi connectivity index (χ3n) is 4.43. The van der Waals surface area contributed by atoms with Crippen molar-refractivity contribution in [2.75, 3.05) is 4.90 Å². The maximum Gasteiger partial charge on any atom is 0.277 e. The molecule has 1 aromatic heterocycles. The second kappa shape index (κ2) is 6.83. The van der Waals surface area contributed by atoms with Crippen molar-refractivity contribution in [3.05, 3.63) is 35.7 Å². The third kappa shape index (κ3) is 3.73. The quantitative estimate of drug-likeness (QED) is 0.768. The van der Waals surface area contributed by atoms with Crippen molar-refractivity contribution >= 4 is 23.4 Å². The predicted octanol–water partition coefficient (Wildman–Crippen LogP) is 4.22. The smallest absolute Gasteiger partial charge is 0.277 e. The van der Waals surface area contributed by atoms with Gasteiger partial charge in [-0.2, -0.15) is 0 Å². The van der Waals surface area contributed by atoms with Crippen LogP contribution in [0.5, 0.6) is 0 Å². The molecule has 25 heavy (non-hydrogen) atoms. The molecule has 5 nitrogen and oxygen atoms in total. The fourth-order valence-corrected chi connectivity index (χ4v) is 3.71. The molecule has 2 aromatic rings. The van der Waals surface area contributed by atoms with E-state index in [9.17, 15) is 4.79 Å². The Morgan fingerprint density at radius 2 is 2.04 bits per heavy atom. The van der Waals surface area contributed by atoms with Gasteiger partial charge in [0.2, 0.25) is 11.8 Å². The maximum absolute atomic E-state index is 13.1. The largest absolute Gasteiger partial charge is 0.415 e. The number of para-hydroxylation sites is 1. The molecule has 2 heterocycles. The number of fused-ring (bicyclic) bond motifs is 1. The minimum atomic E-state index is -0.290. The Balaban J connectivity index is 1.77. The molecular weight excluding hydrogens is 334 g/mol. The summed E-state index contributed by atoms with van der Waals surface area (Å²) in [6, 6.07) is 8.35. The van der Waals surface area contributed by atoms with Crippen molar-refractivity contribution in [1.29, 1.82) is 0 Å². The number of aromatic nitrogens is 2. The van der Waals surface area contributed by atoms with Crippen LogP contribution >= 0.6 is 11.8 Å². The van der Waals surface area contributed by atoms with E-state index in [4.69, 9.17) is 4.42 Å². The summed E-state index contributed by atoms with van der Waals surface area (Å²) in [5.41, 5.74) is 2.07. The summed E-state index contributed by atoms with van der Waals surface area (Å²) in [6.45, 7) is 10.1. The second-order valence-electron chi connectivity index (χ2n) is 7.61. The Morgan fingerprint density at radius 3 is 2.72 bits per heavy atom. The highest BCUT2D eigenvalue weighted by Gasteiger charge is 2.32. The van der Waals surface area contributed by atoms with Gasteiger partial charge in [-0.3, -0.25) is 4.79 Å². The lowest BCUT2D eigenvalue weighted by atomic mass is 9.96. The zero-order valence-corrected chi connectivity index (χ0v) is 16.3. The Hall–Kier alpha value is -1.82. The third-order valence-corrected chi connectivity index (χ3v) is 5.36. The van der Waals surface area contributed by atoms with Crippen LogP contribution in [-0.2, 0) is 16.6 Å². The number of carbonyl (C=O) groups excluding carboxylic acids is 1. The molecule has 1 aliphatic rings. The van der Waals surface area contributed by atoms with Gasteiger partial charge in [-0.1, -0.05) is 50.7 Å². The molecule has 0 bridgehead atoms. The molecule has 1 amide bonds. The number of nitrogens with zero attached hydrogens (tertiary/aromatic N) is 3. The Morgan fingerprint density at radius 1 is 1.32 bits per heavy atom. The monoisotopic (exact) mass is 359 g/mol. The van der Waals surface area contributed by atoms with E-state index in [1.807, 2.05) is 50.8 Å². The lowest BCUT2D eigenvalue weighted by Crippen LogP contribution is -2.45. The number of benzene rings is 1. The number of carbonyl (C=O) groups is 1. The number of thioether (sulfide) groups is 1. The van der Waals surface area contributed by atoms with Crippen LogP contribution in [0.4, 0.5) is 5.69 Å². The first-order chi connectivity index (χ1) is 11.8. The van der Waals surface area contributed by atoms with E-state index < -0.39 is 0 Å². The SMILES string of the molecule is CC(Sc1nnc(C(C)(C)C)o1)C(=O)N1c2ccccc2CCC1C. The second-order valence-corrected chi connectivity index (χ2v) is 8.90. The number of amides is 1. The van der Waals surface area contributed by atoms with E-state index in [0.29, 0.717) is 11.1 Å². The molecular formula is C19H25N3O2S. The first-order valence-corrected chi connectivity index (χ1v) is 9.57. The molecule has 6 heteroatoms. The van der Waals surface area contributed by atoms with E-state index in [2.05, 4.69) is 23.2 Å². The molecule has 2 unspecified atom stereocenters. The highest BCUT2D eigenvalue weighted by molar-refractivity contribution is 8.00. The van der Waals surface area contributed by atoms with Gasteiger partial charge in [-0.25, -0.2) is 0 Å². The van der Waals surface area contributed by atoms with Gasteiger partial charge in [0.25, 0.3) is 5.22 Å². The summed E-state index contributed by atoms with van der Waals surface area (Å²) in [4.78, 5) is 15.0. The van der Waals surface area contributed by atoms with Gasteiger partial charge in [-0.15, -0.1) is 10.2 Å². The molecule has 134 valence electrons. The van der Waals surface area contributed by atoms with Crippen LogP contribution in [0.1, 0.15) is 52.5 Å². The predicted molar refractivity (Wildman–Crippen MR) is 100 cm³/mol. The van der Waals surface area contributed by atoms with E-state index >= 15 is 0 Å². The van der Waals surface area contributed by atoms with Gasteiger partial charge in [0.05, 0.1) is 5.25 Å². The van der Waals surface area contributed by atoms with Crippen LogP contribution in [0.15, 0.2) is 33.9 Å². The van der Waals surface area contributed by atoms with Crippen LogP contribution < -0.4 is 4.90 Å². The number of anilines is 1. The highest BCUT2D eigenvalue weighted by Crippen LogP contribution is 2.34. The van der Waals surface area contributed by atoms with Crippen molar-refractivity contribution in [1.82, 2.24) is 10.2 Å². The molecule has 2 atom stereocenters. The molecule has 3 rings (SSSR count). The van der Waals surface area contributed by atoms with Crippen LogP contribution in [0.2, 0.25) is 0 Å². The van der Waals surface area contributed by atoms with E-state index in [-0.39, 0.29) is 22.6 Å². The Kier molecular flexibility index (Phi) is 4.91. The molecule has 0 saturated carbocycles. The summed E-state index contributed by atoms with van der Waals surface area (Å²) in [7, 11) is 0. The topological polar surface area (TPSA) is 59.2 Å². The first kappa shape index (κ1) is 18.0. The average Bonchev–Trinajstić information content (AvgIpc) is 3.03. The average molecular weight is 359 g/mol. The van der Waals surface area contributed by atoms with Crippen LogP contribution in [0.25, 0.3) is 0 Å². The molecule has 0 radical (unpaired) electrons. The zero-order chi connectivity index (χ0) is 18.2. The van der Waals surface area contributed by atoms with E-state index in [0.717, 1.165) is 18.5 Å². The molecule has 0 N–H and O–H groups in total. The lowest BCUT2D eigenvalue weighted by molar-refractivity contribution is -0.118. The summed E-state index contributed by atoms with van der Waals surface area (Å²) in [6.07, 6.45) is 2.00. The number of hydrogen-bond donors (Lipinski definition) is 0. The zero-order valence-electron chi connectivity index (χ0n) is 15.4. The van der Waals surface area contributed by atoms with E-state index in [1.165, 1.54) is 17.3 Å². The van der Waals surface area contributed by atoms with Crippen LogP contribution in [0, 0.1) is 0 Å². The Bertz CT molecular complexity index is 766. The summed E-state index contributed by atoms with van der Waals surface area (Å²) >= 11 is 1.33. The van der Waals surface area contributed by atoms with Gasteiger partial charge in [0, 0.05) is 17.1 Å². The van der Waals surface area contributed by atoms with Gasteiger partial charge in [0.15, 0.2) is 0 Å². The molecule has 0 spiro atoms. The summed E-state index contributed by atoms with van der Waals surface area (Å²) < 4.78 is 5.72. The molecule has 0 fully saturated rings. The van der Waals surface area contributed by atoms with Gasteiger partial charge in [0.1, 0.15) is 0 Å². The fourth-order valence-electron chi connectivity index (χ4n) is 2.98. The van der Waals surface area contributed by atoms with E-state index in [1.54, 1.807) is 0 Å². The molecule has 1 aromatic carbocycles. The van der Waals surface area contributed by atoms with Crippen molar-refractivity contribution in [2.24, 2.45) is 0 Å². The lowest BCUT2D eigenvalue weighted by Gasteiger charge is -2.36. The minimum absolute atomic E-state index is 0.0835. The summed E-state index contributed by atoms with van der Waals surface area (Å²) in [5, 5.41) is 8.35. The highest BCUT2D eigenvalue weighted by atomic mass is 32.2. The van der Waals surface area contributed by atoms with Gasteiger partial charge >= 0.3 is 0 Å². The van der Waals surface area contributed by atoms with Crippen LogP contribution in [-0.4, -0.2) is 27.4 Å². The standard InChI is InChI=1S/C19H25N3O2S/c1-12-10-11-14-8-6-7-9-15(14)22(12)16(23)13(2)25-18-21-20-17(24-18)19(3,4)5/h6-9,12-13H,10-11H2,1-5H3. The van der Waals surface area contributed by atoms with Crippen molar-refractivity contribution in [3.8, 4) is 0 Å². The molecule has 0 saturated heterocycles. The Labute approximate surface area is 153 Å². The van der Waals surface area contributed by atoms with Crippen molar-refractivity contribution in [3.63, 3.8) is 0 Å². The number of hydrogen-bond acceptors (Lipinski definition) is 5.